The molecule has 0 radical (unpaired) electrons. The molecular weight excluding hydrogens is 640 g/mol. The second-order valence-corrected chi connectivity index (χ2v) is 14.5. The van der Waals surface area contributed by atoms with Gasteiger partial charge in [-0.1, -0.05) is 26.5 Å². The monoisotopic (exact) mass is 675 g/mol. The molecule has 1 amide bonds. The Labute approximate surface area is 275 Å². The van der Waals surface area contributed by atoms with Gasteiger partial charge in [-0.3, -0.25) is 24.2 Å². The van der Waals surface area contributed by atoms with Crippen molar-refractivity contribution in [3.05, 3.63) is 82.1 Å². The zero-order valence-corrected chi connectivity index (χ0v) is 28.2. The van der Waals surface area contributed by atoms with Crippen molar-refractivity contribution >= 4 is 43.4 Å². The van der Waals surface area contributed by atoms with Crippen LogP contribution in [-0.4, -0.2) is 75.9 Å². The number of nitrogens with zero attached hydrogens (tertiary/aromatic N) is 6. The lowest BCUT2D eigenvalue weighted by Crippen LogP contribution is -2.54. The molecule has 1 fully saturated rings. The summed E-state index contributed by atoms with van der Waals surface area (Å²) in [4.78, 5) is 39.0. The van der Waals surface area contributed by atoms with Crippen molar-refractivity contribution in [1.29, 1.82) is 0 Å². The molecule has 11 nitrogen and oxygen atoms in total. The van der Waals surface area contributed by atoms with E-state index in [0.29, 0.717) is 39.0 Å². The lowest BCUT2D eigenvalue weighted by atomic mass is 9.99. The zero-order chi connectivity index (χ0) is 34.8. The van der Waals surface area contributed by atoms with E-state index in [2.05, 4.69) is 21.8 Å². The van der Waals surface area contributed by atoms with E-state index in [0.717, 1.165) is 6.26 Å². The number of aryl methyl sites for hydroxylation is 2. The maximum Gasteiger partial charge on any atom is 0.282 e. The first-order valence-electron chi connectivity index (χ1n) is 15.4. The molecule has 0 saturated carbocycles. The number of piperazine rings is 1. The van der Waals surface area contributed by atoms with Crippen LogP contribution in [0.5, 0.6) is 0 Å². The minimum absolute atomic E-state index is 0.00440. The van der Waals surface area contributed by atoms with Crippen LogP contribution >= 0.6 is 0 Å². The minimum Gasteiger partial charge on any atom is -0.363 e. The number of nitrogens with one attached hydrogen (secondary N) is 1. The molecule has 1 atom stereocenters. The van der Waals surface area contributed by atoms with E-state index in [9.17, 15) is 22.4 Å². The number of carbonyl (C=O) groups excluding carboxylic acids is 1. The van der Waals surface area contributed by atoms with Gasteiger partial charge < -0.3 is 9.80 Å². The van der Waals surface area contributed by atoms with Crippen LogP contribution in [-0.2, 0) is 14.6 Å². The van der Waals surface area contributed by atoms with Gasteiger partial charge in [-0.25, -0.2) is 22.2 Å². The molecule has 4 aromatic heterocycles. The third-order valence-corrected chi connectivity index (χ3v) is 9.94. The second-order valence-electron chi connectivity index (χ2n) is 12.6. The van der Waals surface area contributed by atoms with E-state index < -0.39 is 43.9 Å². The van der Waals surface area contributed by atoms with Crippen molar-refractivity contribution < 1.29 is 22.0 Å². The van der Waals surface area contributed by atoms with Gasteiger partial charge in [0.15, 0.2) is 26.2 Å². The molecule has 1 aromatic carbocycles. The Kier molecular flexibility index (Phi) is 8.18. The number of H-pyrrole nitrogens is 1. The highest BCUT2D eigenvalue weighted by Crippen LogP contribution is 2.39. The van der Waals surface area contributed by atoms with Gasteiger partial charge in [0.2, 0.25) is 0 Å². The van der Waals surface area contributed by atoms with Crippen LogP contribution in [0.2, 0.25) is 0 Å². The zero-order valence-electron chi connectivity index (χ0n) is 27.4. The van der Waals surface area contributed by atoms with Crippen molar-refractivity contribution in [3.8, 4) is 16.9 Å². The number of anilines is 1. The Morgan fingerprint density at radius 1 is 1.10 bits per heavy atom. The van der Waals surface area contributed by atoms with Crippen LogP contribution in [0.15, 0.2) is 58.8 Å². The van der Waals surface area contributed by atoms with E-state index in [-0.39, 0.29) is 48.0 Å². The first kappa shape index (κ1) is 32.9. The van der Waals surface area contributed by atoms with E-state index in [1.54, 1.807) is 37.2 Å². The van der Waals surface area contributed by atoms with E-state index in [4.69, 9.17) is 4.98 Å². The minimum atomic E-state index is -4.26. The molecule has 5 aromatic rings. The number of hydrogen-bond donors (Lipinski definition) is 1. The van der Waals surface area contributed by atoms with E-state index in [1.165, 1.54) is 15.5 Å². The smallest absolute Gasteiger partial charge is 0.282 e. The topological polar surface area (TPSA) is 134 Å². The molecule has 250 valence electrons. The summed E-state index contributed by atoms with van der Waals surface area (Å²) >= 11 is 0. The average Bonchev–Trinajstić information content (AvgIpc) is 3.49. The number of pyridine rings is 3. The third-order valence-electron chi connectivity index (χ3n) is 8.83. The SMILES string of the molecule is C=C(F)C(=O)N1CCN(c2c(S(C)(=O)=O)c(=O)n(-c3c(C)ccnc3C(C)C)c3nc(-c4c(C)ccc5[nH]ncc45)c(F)cc23)[C@@H](C)C1. The number of fused-ring (bicyclic) bond motifs is 2. The summed E-state index contributed by atoms with van der Waals surface area (Å²) in [6.07, 6.45) is 4.12. The lowest BCUT2D eigenvalue weighted by Gasteiger charge is -2.42. The van der Waals surface area contributed by atoms with Crippen LogP contribution in [0.3, 0.4) is 0 Å². The van der Waals surface area contributed by atoms with Crippen LogP contribution in [0.25, 0.3) is 38.9 Å². The summed E-state index contributed by atoms with van der Waals surface area (Å²) in [5.74, 6) is -2.91. The number of carbonyl (C=O) groups is 1. The quantitative estimate of drug-likeness (QED) is 0.245. The molecule has 0 aliphatic carbocycles. The normalized spacial score (nSPS) is 15.6. The van der Waals surface area contributed by atoms with Gasteiger partial charge in [0.1, 0.15) is 11.5 Å². The van der Waals surface area contributed by atoms with Crippen molar-refractivity contribution in [3.63, 3.8) is 0 Å². The van der Waals surface area contributed by atoms with Crippen LogP contribution in [0, 0.1) is 19.7 Å². The maximum atomic E-state index is 16.6. The van der Waals surface area contributed by atoms with E-state index in [1.807, 2.05) is 32.9 Å². The molecule has 48 heavy (non-hydrogen) atoms. The molecule has 1 saturated heterocycles. The van der Waals surface area contributed by atoms with E-state index >= 15 is 4.39 Å². The van der Waals surface area contributed by atoms with Crippen molar-refractivity contribution in [2.45, 2.75) is 51.5 Å². The summed E-state index contributed by atoms with van der Waals surface area (Å²) in [5.41, 5.74) is 2.43. The fourth-order valence-electron chi connectivity index (χ4n) is 6.62. The number of benzene rings is 1. The Morgan fingerprint density at radius 3 is 2.48 bits per heavy atom. The summed E-state index contributed by atoms with van der Waals surface area (Å²) in [6.45, 7) is 12.3. The molecule has 14 heteroatoms. The van der Waals surface area contributed by atoms with Crippen LogP contribution < -0.4 is 10.5 Å². The van der Waals surface area contributed by atoms with Gasteiger partial charge >= 0.3 is 0 Å². The molecule has 6 rings (SSSR count). The summed E-state index contributed by atoms with van der Waals surface area (Å²) in [6, 6.07) is 5.96. The number of aromatic nitrogens is 5. The summed E-state index contributed by atoms with van der Waals surface area (Å²) < 4.78 is 58.9. The number of rotatable bonds is 6. The molecule has 1 aliphatic heterocycles. The summed E-state index contributed by atoms with van der Waals surface area (Å²) in [7, 11) is -4.26. The fraction of sp³-hybridized carbons (Fsp3) is 0.324. The Morgan fingerprint density at radius 2 is 1.83 bits per heavy atom. The number of halogens is 2. The molecule has 1 N–H and O–H groups in total. The largest absolute Gasteiger partial charge is 0.363 e. The number of sulfone groups is 1. The second kappa shape index (κ2) is 11.9. The van der Waals surface area contributed by atoms with Crippen molar-refractivity contribution in [2.75, 3.05) is 30.8 Å². The van der Waals surface area contributed by atoms with Crippen LogP contribution in [0.4, 0.5) is 14.5 Å². The molecule has 0 bridgehead atoms. The average molecular weight is 676 g/mol. The highest BCUT2D eigenvalue weighted by molar-refractivity contribution is 7.90. The number of hydrogen-bond acceptors (Lipinski definition) is 8. The predicted octanol–water partition coefficient (Wildman–Crippen LogP) is 5.13. The van der Waals surface area contributed by atoms with Gasteiger partial charge in [-0.2, -0.15) is 5.10 Å². The Bertz CT molecular complexity index is 2330. The van der Waals surface area contributed by atoms with Gasteiger partial charge in [-0.15, -0.1) is 0 Å². The lowest BCUT2D eigenvalue weighted by molar-refractivity contribution is -0.129. The molecule has 5 heterocycles. The predicted molar refractivity (Wildman–Crippen MR) is 180 cm³/mol. The molecule has 1 aliphatic rings. The number of aromatic amines is 1. The van der Waals surface area contributed by atoms with Gasteiger partial charge in [0, 0.05) is 54.5 Å². The van der Waals surface area contributed by atoms with Crippen molar-refractivity contribution in [1.82, 2.24) is 29.6 Å². The first-order valence-corrected chi connectivity index (χ1v) is 17.3. The standard InChI is InChI=1S/C34H35F2N7O4S/c1-17(2)27-29(19(4)10-11-37-27)43-32-22(14-24(36)28(39-32)26-18(3)8-9-25-23(26)15-38-40-25)30(31(34(43)45)48(7,46)47)42-13-12-41(16-20(42)5)33(44)21(6)35/h8-11,14-15,17,20H,6,12-13,16H2,1-5,7H3,(H,38,40)/t20-/m0/s1. The Balaban J connectivity index is 1.77. The van der Waals surface area contributed by atoms with Gasteiger partial charge in [0.25, 0.3) is 11.5 Å². The highest BCUT2D eigenvalue weighted by atomic mass is 32.2. The third kappa shape index (κ3) is 5.33. The summed E-state index contributed by atoms with van der Waals surface area (Å²) in [5, 5.41) is 7.71. The number of amides is 1. The Hall–Kier alpha value is -4.98. The molecular formula is C34H35F2N7O4S. The van der Waals surface area contributed by atoms with Crippen LogP contribution in [0.1, 0.15) is 43.5 Å². The fourth-order valence-corrected chi connectivity index (χ4v) is 7.61. The van der Waals surface area contributed by atoms with Gasteiger partial charge in [0.05, 0.1) is 28.8 Å². The van der Waals surface area contributed by atoms with Crippen molar-refractivity contribution in [2.24, 2.45) is 0 Å². The molecule has 0 unspecified atom stereocenters. The first-order chi connectivity index (χ1) is 22.6. The molecule has 0 spiro atoms. The van der Waals surface area contributed by atoms with Gasteiger partial charge in [-0.05, 0) is 56.0 Å². The highest BCUT2D eigenvalue weighted by Gasteiger charge is 2.36. The maximum absolute atomic E-state index is 16.6.